The zero-order valence-corrected chi connectivity index (χ0v) is 6.44. The molecule has 1 rings (SSSR count). The summed E-state index contributed by atoms with van der Waals surface area (Å²) in [6.07, 6.45) is 2.06. The van der Waals surface area contributed by atoms with Crippen molar-refractivity contribution in [2.75, 3.05) is 0 Å². The fourth-order valence-electron chi connectivity index (χ4n) is 0.916. The molecule has 2 nitrogen and oxygen atoms in total. The molecule has 1 N–H and O–H groups in total. The van der Waals surface area contributed by atoms with E-state index >= 15 is 0 Å². The highest BCUT2D eigenvalue weighted by Gasteiger charge is 2.01. The third-order valence-electron chi connectivity index (χ3n) is 1.56. The van der Waals surface area contributed by atoms with Gasteiger partial charge in [-0.15, -0.1) is 0 Å². The highest BCUT2D eigenvalue weighted by molar-refractivity contribution is 6.33. The van der Waals surface area contributed by atoms with Crippen molar-refractivity contribution in [1.82, 2.24) is 10.2 Å². The minimum atomic E-state index is 0.821. The number of rotatable bonds is 2. The monoisotopic (exact) mass is 134 g/mol. The second-order valence-corrected chi connectivity index (χ2v) is 2.46. The van der Waals surface area contributed by atoms with Gasteiger partial charge in [-0.05, 0) is 13.3 Å². The molecular formula is C7H11BN2. The normalized spacial score (nSPS) is 10.2. The Kier molecular flexibility index (Phi) is 2.15. The van der Waals surface area contributed by atoms with Gasteiger partial charge in [-0.25, -0.2) is 0 Å². The summed E-state index contributed by atoms with van der Waals surface area (Å²) in [5, 5.41) is 6.90. The fourth-order valence-corrected chi connectivity index (χ4v) is 0.916. The maximum absolute atomic E-state index is 5.69. The molecule has 52 valence electrons. The number of H-pyrrole nitrogens is 1. The standard InChI is InChI=1S/C7H11BN2/c1-3-4-6-7(8)5(2)9-10-6/h3-4H2,1-2H3,(H,9,10). The van der Waals surface area contributed by atoms with E-state index in [0.717, 1.165) is 29.7 Å². The van der Waals surface area contributed by atoms with Crippen LogP contribution in [0.2, 0.25) is 0 Å². The summed E-state index contributed by atoms with van der Waals surface area (Å²) in [5.41, 5.74) is 2.80. The predicted molar refractivity (Wildman–Crippen MR) is 42.7 cm³/mol. The lowest BCUT2D eigenvalue weighted by molar-refractivity contribution is 0.868. The molecule has 0 fully saturated rings. The minimum Gasteiger partial charge on any atom is -0.283 e. The Bertz CT molecular complexity index is 217. The third-order valence-corrected chi connectivity index (χ3v) is 1.56. The fraction of sp³-hybridized carbons (Fsp3) is 0.571. The molecule has 0 aliphatic heterocycles. The number of aromatic nitrogens is 2. The summed E-state index contributed by atoms with van der Waals surface area (Å²) in [6.45, 7) is 4.05. The molecule has 3 heteroatoms. The van der Waals surface area contributed by atoms with Crippen molar-refractivity contribution in [2.24, 2.45) is 0 Å². The van der Waals surface area contributed by atoms with Crippen LogP contribution in [-0.2, 0) is 6.42 Å². The number of hydrogen-bond donors (Lipinski definition) is 1. The van der Waals surface area contributed by atoms with Crippen molar-refractivity contribution < 1.29 is 0 Å². The second kappa shape index (κ2) is 2.91. The molecule has 2 radical (unpaired) electrons. The van der Waals surface area contributed by atoms with E-state index in [1.54, 1.807) is 0 Å². The van der Waals surface area contributed by atoms with Crippen LogP contribution in [0, 0.1) is 6.92 Å². The average Bonchev–Trinajstić information content (AvgIpc) is 2.20. The molecule has 0 unspecified atom stereocenters. The van der Waals surface area contributed by atoms with Gasteiger partial charge in [0.2, 0.25) is 0 Å². The first-order valence-corrected chi connectivity index (χ1v) is 3.55. The molecule has 1 aromatic heterocycles. The number of nitrogens with zero attached hydrogens (tertiary/aromatic N) is 1. The van der Waals surface area contributed by atoms with Crippen LogP contribution in [0.3, 0.4) is 0 Å². The van der Waals surface area contributed by atoms with Crippen molar-refractivity contribution >= 4 is 13.3 Å². The van der Waals surface area contributed by atoms with Crippen LogP contribution in [-0.4, -0.2) is 18.0 Å². The van der Waals surface area contributed by atoms with Gasteiger partial charge in [0.05, 0.1) is 5.69 Å². The van der Waals surface area contributed by atoms with E-state index in [4.69, 9.17) is 7.85 Å². The number of aromatic amines is 1. The molecule has 0 saturated carbocycles. The number of hydrogen-bond acceptors (Lipinski definition) is 1. The highest BCUT2D eigenvalue weighted by Crippen LogP contribution is 1.95. The summed E-state index contributed by atoms with van der Waals surface area (Å²) >= 11 is 0. The lowest BCUT2D eigenvalue weighted by Gasteiger charge is -1.92. The van der Waals surface area contributed by atoms with Gasteiger partial charge < -0.3 is 0 Å². The quantitative estimate of drug-likeness (QED) is 0.585. The molecular weight excluding hydrogens is 123 g/mol. The smallest absolute Gasteiger partial charge is 0.118 e. The lowest BCUT2D eigenvalue weighted by atomic mass is 9.92. The van der Waals surface area contributed by atoms with Crippen LogP contribution in [0.5, 0.6) is 0 Å². The Morgan fingerprint density at radius 1 is 1.60 bits per heavy atom. The first-order chi connectivity index (χ1) is 4.75. The molecule has 10 heavy (non-hydrogen) atoms. The molecule has 1 aromatic rings. The molecule has 0 aliphatic rings. The van der Waals surface area contributed by atoms with E-state index in [9.17, 15) is 0 Å². The predicted octanol–water partition coefficient (Wildman–Crippen LogP) is 0.464. The van der Waals surface area contributed by atoms with Gasteiger partial charge in [-0.3, -0.25) is 5.10 Å². The molecule has 0 bridgehead atoms. The van der Waals surface area contributed by atoms with Crippen molar-refractivity contribution in [3.8, 4) is 0 Å². The molecule has 1 heterocycles. The Balaban J connectivity index is 2.83. The highest BCUT2D eigenvalue weighted by atomic mass is 15.1. The van der Waals surface area contributed by atoms with Crippen molar-refractivity contribution in [2.45, 2.75) is 26.7 Å². The Morgan fingerprint density at radius 3 is 2.70 bits per heavy atom. The van der Waals surface area contributed by atoms with E-state index in [1.807, 2.05) is 6.92 Å². The van der Waals surface area contributed by atoms with E-state index in [-0.39, 0.29) is 0 Å². The van der Waals surface area contributed by atoms with Gasteiger partial charge in [0.15, 0.2) is 0 Å². The van der Waals surface area contributed by atoms with Crippen LogP contribution in [0.4, 0.5) is 0 Å². The Hall–Kier alpha value is -0.725. The molecule has 0 aliphatic carbocycles. The molecule has 0 saturated heterocycles. The Morgan fingerprint density at radius 2 is 2.30 bits per heavy atom. The molecule has 0 aromatic carbocycles. The van der Waals surface area contributed by atoms with Crippen LogP contribution < -0.4 is 5.46 Å². The van der Waals surface area contributed by atoms with Crippen LogP contribution >= 0.6 is 0 Å². The average molecular weight is 134 g/mol. The van der Waals surface area contributed by atoms with Crippen molar-refractivity contribution in [3.63, 3.8) is 0 Å². The summed E-state index contributed by atoms with van der Waals surface area (Å²) in [5.74, 6) is 0. The maximum Gasteiger partial charge on any atom is 0.118 e. The van der Waals surface area contributed by atoms with Gasteiger partial charge in [0, 0.05) is 5.69 Å². The van der Waals surface area contributed by atoms with E-state index in [2.05, 4.69) is 17.1 Å². The number of nitrogens with one attached hydrogen (secondary N) is 1. The Labute approximate surface area is 62.4 Å². The lowest BCUT2D eigenvalue weighted by Crippen LogP contribution is -2.09. The van der Waals surface area contributed by atoms with Crippen molar-refractivity contribution in [3.05, 3.63) is 11.4 Å². The number of aryl methyl sites for hydroxylation is 2. The van der Waals surface area contributed by atoms with Gasteiger partial charge in [-0.1, -0.05) is 18.8 Å². The third kappa shape index (κ3) is 1.23. The summed E-state index contributed by atoms with van der Waals surface area (Å²) < 4.78 is 0. The maximum atomic E-state index is 5.69. The van der Waals surface area contributed by atoms with Crippen LogP contribution in [0.25, 0.3) is 0 Å². The largest absolute Gasteiger partial charge is 0.283 e. The van der Waals surface area contributed by atoms with Crippen LogP contribution in [0.1, 0.15) is 24.7 Å². The summed E-state index contributed by atoms with van der Waals surface area (Å²) in [7, 11) is 5.69. The van der Waals surface area contributed by atoms with E-state index in [1.165, 1.54) is 0 Å². The minimum absolute atomic E-state index is 0.821. The van der Waals surface area contributed by atoms with Gasteiger partial charge in [0.1, 0.15) is 7.85 Å². The topological polar surface area (TPSA) is 28.7 Å². The van der Waals surface area contributed by atoms with E-state index in [0.29, 0.717) is 0 Å². The zero-order chi connectivity index (χ0) is 7.56. The summed E-state index contributed by atoms with van der Waals surface area (Å²) in [6, 6.07) is 0. The molecule has 0 amide bonds. The zero-order valence-electron chi connectivity index (χ0n) is 6.44. The van der Waals surface area contributed by atoms with Gasteiger partial charge >= 0.3 is 0 Å². The first kappa shape index (κ1) is 7.38. The van der Waals surface area contributed by atoms with E-state index < -0.39 is 0 Å². The van der Waals surface area contributed by atoms with Crippen molar-refractivity contribution in [1.29, 1.82) is 0 Å². The summed E-state index contributed by atoms with van der Waals surface area (Å²) in [4.78, 5) is 0. The molecule has 0 spiro atoms. The molecule has 0 atom stereocenters. The van der Waals surface area contributed by atoms with Gasteiger partial charge in [0.25, 0.3) is 0 Å². The van der Waals surface area contributed by atoms with Crippen LogP contribution in [0.15, 0.2) is 0 Å². The first-order valence-electron chi connectivity index (χ1n) is 3.55. The SMILES string of the molecule is [B]c1c(CCC)n[nH]c1C. The van der Waals surface area contributed by atoms with Gasteiger partial charge in [-0.2, -0.15) is 5.10 Å². The second-order valence-electron chi connectivity index (χ2n) is 2.46.